The Morgan fingerprint density at radius 1 is 1.50 bits per heavy atom. The molecule has 4 nitrogen and oxygen atoms in total. The molecule has 2 aromatic rings. The minimum absolute atomic E-state index is 0.151. The molecule has 2 aromatic heterocycles. The second-order valence-electron chi connectivity index (χ2n) is 3.42. The van der Waals surface area contributed by atoms with Gasteiger partial charge in [0.05, 0.1) is 5.25 Å². The predicted molar refractivity (Wildman–Crippen MR) is 64.8 cm³/mol. The first-order valence-corrected chi connectivity index (χ1v) is 6.86. The van der Waals surface area contributed by atoms with E-state index in [-0.39, 0.29) is 5.25 Å². The van der Waals surface area contributed by atoms with Gasteiger partial charge in [-0.15, -0.1) is 11.3 Å². The van der Waals surface area contributed by atoms with Gasteiger partial charge < -0.3 is 4.52 Å². The normalized spacial score (nSPS) is 12.9. The number of aromatic nitrogens is 3. The van der Waals surface area contributed by atoms with Crippen molar-refractivity contribution in [3.8, 4) is 0 Å². The number of aryl methyl sites for hydroxylation is 2. The topological polar surface area (TPSA) is 51.8 Å². The molecule has 0 bridgehead atoms. The van der Waals surface area contributed by atoms with Crippen LogP contribution in [0.25, 0.3) is 0 Å². The van der Waals surface area contributed by atoms with Crippen molar-refractivity contribution in [2.75, 3.05) is 0 Å². The number of thiazole rings is 1. The molecule has 1 atom stereocenters. The molecule has 0 saturated carbocycles. The third-order valence-electron chi connectivity index (χ3n) is 2.02. The lowest BCUT2D eigenvalue weighted by Gasteiger charge is -2.01. The van der Waals surface area contributed by atoms with Crippen LogP contribution >= 0.6 is 23.1 Å². The van der Waals surface area contributed by atoms with Crippen molar-refractivity contribution in [3.63, 3.8) is 0 Å². The van der Waals surface area contributed by atoms with Gasteiger partial charge >= 0.3 is 0 Å². The fraction of sp³-hybridized carbons (Fsp3) is 0.500. The third kappa shape index (κ3) is 2.62. The molecule has 0 aliphatic carbocycles. The molecule has 2 rings (SSSR count). The first kappa shape index (κ1) is 11.6. The highest BCUT2D eigenvalue weighted by Gasteiger charge is 2.16. The van der Waals surface area contributed by atoms with E-state index in [4.69, 9.17) is 4.52 Å². The van der Waals surface area contributed by atoms with Gasteiger partial charge in [-0.2, -0.15) is 4.98 Å². The Balaban J connectivity index is 2.05. The van der Waals surface area contributed by atoms with Crippen molar-refractivity contribution in [3.05, 3.63) is 22.8 Å². The van der Waals surface area contributed by atoms with Gasteiger partial charge in [-0.05, 0) is 13.8 Å². The molecule has 0 N–H and O–H groups in total. The zero-order valence-corrected chi connectivity index (χ0v) is 11.1. The summed E-state index contributed by atoms with van der Waals surface area (Å²) < 4.78 is 6.23. The van der Waals surface area contributed by atoms with Gasteiger partial charge in [0.15, 0.2) is 10.2 Å². The zero-order valence-electron chi connectivity index (χ0n) is 9.43. The monoisotopic (exact) mass is 255 g/mol. The van der Waals surface area contributed by atoms with Gasteiger partial charge in [0, 0.05) is 17.5 Å². The number of hydrogen-bond donors (Lipinski definition) is 0. The van der Waals surface area contributed by atoms with Crippen molar-refractivity contribution in [1.29, 1.82) is 0 Å². The van der Waals surface area contributed by atoms with Crippen LogP contribution < -0.4 is 0 Å². The SMILES string of the molecule is CCc1noc(C(C)Sc2nc(C)cs2)n1. The number of rotatable bonds is 4. The van der Waals surface area contributed by atoms with Crippen molar-refractivity contribution in [1.82, 2.24) is 15.1 Å². The molecule has 0 amide bonds. The molecule has 1 unspecified atom stereocenters. The summed E-state index contributed by atoms with van der Waals surface area (Å²) in [6, 6.07) is 0. The van der Waals surface area contributed by atoms with E-state index in [2.05, 4.69) is 15.1 Å². The summed E-state index contributed by atoms with van der Waals surface area (Å²) in [4.78, 5) is 8.70. The molecule has 86 valence electrons. The fourth-order valence-electron chi connectivity index (χ4n) is 1.16. The first-order valence-electron chi connectivity index (χ1n) is 5.10. The van der Waals surface area contributed by atoms with E-state index < -0.39 is 0 Å². The molecule has 0 aliphatic rings. The average Bonchev–Trinajstić information content (AvgIpc) is 2.87. The maximum atomic E-state index is 5.19. The van der Waals surface area contributed by atoms with E-state index in [0.717, 1.165) is 22.3 Å². The molecule has 0 fully saturated rings. The van der Waals surface area contributed by atoms with Gasteiger partial charge in [-0.25, -0.2) is 4.98 Å². The second-order valence-corrected chi connectivity index (χ2v) is 5.86. The number of nitrogens with zero attached hydrogens (tertiary/aromatic N) is 3. The summed E-state index contributed by atoms with van der Waals surface area (Å²) in [6.45, 7) is 6.05. The van der Waals surface area contributed by atoms with E-state index in [1.165, 1.54) is 0 Å². The van der Waals surface area contributed by atoms with Crippen LogP contribution in [-0.2, 0) is 6.42 Å². The summed E-state index contributed by atoms with van der Waals surface area (Å²) in [6.07, 6.45) is 0.803. The maximum absolute atomic E-state index is 5.19. The van der Waals surface area contributed by atoms with E-state index >= 15 is 0 Å². The van der Waals surface area contributed by atoms with Crippen molar-refractivity contribution in [2.45, 2.75) is 36.8 Å². The summed E-state index contributed by atoms with van der Waals surface area (Å²) in [5.74, 6) is 1.44. The zero-order chi connectivity index (χ0) is 11.5. The summed E-state index contributed by atoms with van der Waals surface area (Å²) in [5, 5.41) is 6.08. The van der Waals surface area contributed by atoms with Gasteiger partial charge in [0.2, 0.25) is 5.89 Å². The minimum Gasteiger partial charge on any atom is -0.338 e. The molecule has 0 radical (unpaired) electrons. The Labute approximate surface area is 102 Å². The largest absolute Gasteiger partial charge is 0.338 e. The smallest absolute Gasteiger partial charge is 0.239 e. The molecule has 0 aromatic carbocycles. The molecule has 2 heterocycles. The highest BCUT2D eigenvalue weighted by Crippen LogP contribution is 2.35. The van der Waals surface area contributed by atoms with Crippen LogP contribution in [0.5, 0.6) is 0 Å². The van der Waals surface area contributed by atoms with E-state index in [1.54, 1.807) is 23.1 Å². The highest BCUT2D eigenvalue weighted by molar-refractivity contribution is 8.01. The Hall–Kier alpha value is -0.880. The molecule has 0 saturated heterocycles. The van der Waals surface area contributed by atoms with E-state index in [0.29, 0.717) is 5.89 Å². The maximum Gasteiger partial charge on any atom is 0.239 e. The second kappa shape index (κ2) is 4.97. The van der Waals surface area contributed by atoms with Crippen LogP contribution in [0, 0.1) is 6.92 Å². The quantitative estimate of drug-likeness (QED) is 0.785. The summed E-state index contributed by atoms with van der Waals surface area (Å²) in [5.41, 5.74) is 1.06. The fourth-order valence-corrected chi connectivity index (χ4v) is 3.18. The molecule has 6 heteroatoms. The molecular weight excluding hydrogens is 242 g/mol. The number of thioether (sulfide) groups is 1. The van der Waals surface area contributed by atoms with Crippen LogP contribution in [0.15, 0.2) is 14.2 Å². The molecular formula is C10H13N3OS2. The molecule has 16 heavy (non-hydrogen) atoms. The molecule has 0 spiro atoms. The van der Waals surface area contributed by atoms with Crippen LogP contribution in [0.1, 0.15) is 36.5 Å². The number of hydrogen-bond acceptors (Lipinski definition) is 6. The van der Waals surface area contributed by atoms with Crippen molar-refractivity contribution >= 4 is 23.1 Å². The van der Waals surface area contributed by atoms with Gasteiger partial charge in [-0.1, -0.05) is 23.8 Å². The average molecular weight is 255 g/mol. The van der Waals surface area contributed by atoms with Crippen molar-refractivity contribution < 1.29 is 4.52 Å². The lowest BCUT2D eigenvalue weighted by molar-refractivity contribution is 0.375. The van der Waals surface area contributed by atoms with Gasteiger partial charge in [-0.3, -0.25) is 0 Å². The Morgan fingerprint density at radius 2 is 2.31 bits per heavy atom. The predicted octanol–water partition coefficient (Wildman–Crippen LogP) is 3.25. The van der Waals surface area contributed by atoms with Crippen molar-refractivity contribution in [2.24, 2.45) is 0 Å². The minimum atomic E-state index is 0.151. The Bertz CT molecular complexity index is 466. The van der Waals surface area contributed by atoms with Crippen LogP contribution in [0.2, 0.25) is 0 Å². The lowest BCUT2D eigenvalue weighted by Crippen LogP contribution is -1.89. The van der Waals surface area contributed by atoms with E-state index in [9.17, 15) is 0 Å². The Morgan fingerprint density at radius 3 is 2.88 bits per heavy atom. The molecule has 0 aliphatic heterocycles. The van der Waals surface area contributed by atoms with Crippen LogP contribution in [0.3, 0.4) is 0 Å². The summed E-state index contributed by atoms with van der Waals surface area (Å²) in [7, 11) is 0. The Kier molecular flexibility index (Phi) is 3.60. The van der Waals surface area contributed by atoms with Gasteiger partial charge in [0.25, 0.3) is 0 Å². The first-order chi connectivity index (χ1) is 7.69. The lowest BCUT2D eigenvalue weighted by atomic mass is 10.4. The highest BCUT2D eigenvalue weighted by atomic mass is 32.2. The third-order valence-corrected chi connectivity index (χ3v) is 4.20. The van der Waals surface area contributed by atoms with Crippen LogP contribution in [0.4, 0.5) is 0 Å². The summed E-state index contributed by atoms with van der Waals surface area (Å²) >= 11 is 3.30. The van der Waals surface area contributed by atoms with Gasteiger partial charge in [0.1, 0.15) is 0 Å². The van der Waals surface area contributed by atoms with Crippen LogP contribution in [-0.4, -0.2) is 15.1 Å². The van der Waals surface area contributed by atoms with E-state index in [1.807, 2.05) is 26.2 Å². The standard InChI is InChI=1S/C10H13N3OS2/c1-4-8-12-9(14-13-8)7(3)16-10-11-6(2)5-15-10/h5,7H,4H2,1-3H3.